The molecule has 2 aliphatic heterocycles. The topological polar surface area (TPSA) is 249 Å². The first-order chi connectivity index (χ1) is 18.4. The van der Waals surface area contributed by atoms with Crippen molar-refractivity contribution in [1.29, 1.82) is 0 Å². The van der Waals surface area contributed by atoms with E-state index in [-0.39, 0.29) is 26.3 Å². The molecule has 2 saturated heterocycles. The SMILES string of the molecule is CNC(=O)N(CC(=O)NCCO[C@@H]1O[C@@H](C)[C@@H](O)[C@@H](O)[C@@H]1O)CC(=O)NCCO[C@@H]1O[C@@H](C)[C@@H](O)[C@@H](O)[C@@H]1O. The molecule has 2 aliphatic rings. The van der Waals surface area contributed by atoms with Crippen LogP contribution in [0.15, 0.2) is 0 Å². The van der Waals surface area contributed by atoms with Gasteiger partial charge >= 0.3 is 6.03 Å². The standard InChI is InChI=1S/C22H40N4O13/c1-10-14(29)16(31)18(33)20(38-10)36-6-4-24-12(27)8-26(22(35)23-3)9-13(28)25-5-7-37-21-19(34)17(32)15(30)11(2)39-21/h10-11,14-21,29-34H,4-9H2,1-3H3,(H,23,35)(H,24,27)(H,25,28)/t10-,11-,14+,15+,16+,17+,18-,19-,20+,21+/m0/s1. The number of hydrogen-bond acceptors (Lipinski definition) is 13. The summed E-state index contributed by atoms with van der Waals surface area (Å²) in [5.41, 5.74) is 0. The third-order valence-electron chi connectivity index (χ3n) is 6.20. The highest BCUT2D eigenvalue weighted by Gasteiger charge is 2.43. The first-order valence-electron chi connectivity index (χ1n) is 12.5. The number of nitrogens with zero attached hydrogens (tertiary/aromatic N) is 1. The zero-order valence-corrected chi connectivity index (χ0v) is 22.0. The molecule has 10 atom stereocenters. The summed E-state index contributed by atoms with van der Waals surface area (Å²) >= 11 is 0. The summed E-state index contributed by atoms with van der Waals surface area (Å²) in [5, 5.41) is 66.2. The van der Waals surface area contributed by atoms with Crippen LogP contribution in [0.1, 0.15) is 13.8 Å². The predicted octanol–water partition coefficient (Wildman–Crippen LogP) is -5.45. The molecule has 2 heterocycles. The molecule has 0 aromatic rings. The number of urea groups is 1. The van der Waals surface area contributed by atoms with Crippen molar-refractivity contribution in [2.45, 2.75) is 75.3 Å². The van der Waals surface area contributed by atoms with Crippen molar-refractivity contribution in [3.05, 3.63) is 0 Å². The lowest BCUT2D eigenvalue weighted by molar-refractivity contribution is -0.292. The van der Waals surface area contributed by atoms with Gasteiger partial charge in [0.1, 0.15) is 49.7 Å². The Labute approximate surface area is 225 Å². The maximum absolute atomic E-state index is 12.3. The van der Waals surface area contributed by atoms with Crippen LogP contribution in [-0.2, 0) is 28.5 Å². The van der Waals surface area contributed by atoms with Crippen molar-refractivity contribution < 1.29 is 64.0 Å². The number of ether oxygens (including phenoxy) is 4. The summed E-state index contributed by atoms with van der Waals surface area (Å²) in [7, 11) is 1.33. The monoisotopic (exact) mass is 568 g/mol. The highest BCUT2D eigenvalue weighted by atomic mass is 16.7. The average Bonchev–Trinajstić information content (AvgIpc) is 2.91. The highest BCUT2D eigenvalue weighted by Crippen LogP contribution is 2.22. The number of amides is 4. The van der Waals surface area contributed by atoms with E-state index >= 15 is 0 Å². The lowest BCUT2D eigenvalue weighted by Gasteiger charge is -2.38. The van der Waals surface area contributed by atoms with Crippen LogP contribution in [0.4, 0.5) is 4.79 Å². The highest BCUT2D eigenvalue weighted by molar-refractivity contribution is 5.88. The summed E-state index contributed by atoms with van der Waals surface area (Å²) in [5.74, 6) is -1.21. The van der Waals surface area contributed by atoms with Crippen LogP contribution in [-0.4, -0.2) is 161 Å². The molecule has 2 rings (SSSR count). The van der Waals surface area contributed by atoms with Crippen LogP contribution in [0.3, 0.4) is 0 Å². The minimum Gasteiger partial charge on any atom is -0.388 e. The van der Waals surface area contributed by atoms with Crippen molar-refractivity contribution in [1.82, 2.24) is 20.9 Å². The Morgan fingerprint density at radius 2 is 1.08 bits per heavy atom. The number of hydrogen-bond donors (Lipinski definition) is 9. The summed E-state index contributed by atoms with van der Waals surface area (Å²) in [6.07, 6.45) is -12.4. The van der Waals surface area contributed by atoms with Crippen molar-refractivity contribution in [3.63, 3.8) is 0 Å². The molecule has 226 valence electrons. The molecule has 0 unspecified atom stereocenters. The van der Waals surface area contributed by atoms with Gasteiger partial charge in [0.15, 0.2) is 12.6 Å². The molecule has 0 spiro atoms. The Kier molecular flexibility index (Phi) is 13.2. The van der Waals surface area contributed by atoms with E-state index in [9.17, 15) is 45.0 Å². The second-order valence-corrected chi connectivity index (χ2v) is 9.22. The predicted molar refractivity (Wildman–Crippen MR) is 129 cm³/mol. The molecular formula is C22H40N4O13. The molecule has 2 fully saturated rings. The van der Waals surface area contributed by atoms with Crippen molar-refractivity contribution >= 4 is 17.8 Å². The van der Waals surface area contributed by atoms with Gasteiger partial charge in [0.05, 0.1) is 25.4 Å². The third-order valence-corrected chi connectivity index (χ3v) is 6.20. The number of rotatable bonds is 12. The van der Waals surface area contributed by atoms with E-state index in [0.717, 1.165) is 4.90 Å². The van der Waals surface area contributed by atoms with Gasteiger partial charge in [-0.1, -0.05) is 0 Å². The quantitative estimate of drug-likeness (QED) is 0.0998. The zero-order valence-electron chi connectivity index (χ0n) is 22.0. The normalized spacial score (nSPS) is 34.7. The van der Waals surface area contributed by atoms with Gasteiger partial charge in [0.2, 0.25) is 11.8 Å². The van der Waals surface area contributed by atoms with Crippen LogP contribution in [0.2, 0.25) is 0 Å². The Balaban J connectivity index is 1.70. The maximum Gasteiger partial charge on any atom is 0.318 e. The minimum atomic E-state index is -1.48. The average molecular weight is 569 g/mol. The van der Waals surface area contributed by atoms with Crippen molar-refractivity contribution in [2.24, 2.45) is 0 Å². The number of nitrogens with one attached hydrogen (secondary N) is 3. The Bertz CT molecular complexity index is 752. The van der Waals surface area contributed by atoms with Gasteiger partial charge in [-0.25, -0.2) is 4.79 Å². The number of aliphatic hydroxyl groups is 6. The number of carbonyl (C=O) groups is 3. The van der Waals surface area contributed by atoms with Gasteiger partial charge in [-0.05, 0) is 13.8 Å². The second-order valence-electron chi connectivity index (χ2n) is 9.22. The molecule has 0 radical (unpaired) electrons. The van der Waals surface area contributed by atoms with Gasteiger partial charge in [0, 0.05) is 20.1 Å². The molecule has 0 aliphatic carbocycles. The second kappa shape index (κ2) is 15.6. The van der Waals surface area contributed by atoms with Crippen LogP contribution in [0.5, 0.6) is 0 Å². The Hall–Kier alpha value is -2.19. The fourth-order valence-electron chi connectivity index (χ4n) is 3.85. The van der Waals surface area contributed by atoms with E-state index in [1.807, 2.05) is 0 Å². The van der Waals surface area contributed by atoms with Crippen LogP contribution in [0, 0.1) is 0 Å². The molecule has 9 N–H and O–H groups in total. The first-order valence-corrected chi connectivity index (χ1v) is 12.5. The van der Waals surface area contributed by atoms with Gasteiger partial charge in [-0.15, -0.1) is 0 Å². The van der Waals surface area contributed by atoms with Gasteiger partial charge in [-0.2, -0.15) is 0 Å². The van der Waals surface area contributed by atoms with E-state index in [1.165, 1.54) is 20.9 Å². The van der Waals surface area contributed by atoms with E-state index in [4.69, 9.17) is 18.9 Å². The molecule has 17 nitrogen and oxygen atoms in total. The third kappa shape index (κ3) is 9.45. The maximum atomic E-state index is 12.3. The van der Waals surface area contributed by atoms with E-state index in [0.29, 0.717) is 0 Å². The van der Waals surface area contributed by atoms with Gasteiger partial charge < -0.3 is 70.4 Å². The van der Waals surface area contributed by atoms with Crippen molar-refractivity contribution in [2.75, 3.05) is 46.4 Å². The summed E-state index contributed by atoms with van der Waals surface area (Å²) in [4.78, 5) is 37.7. The molecule has 17 heteroatoms. The fourth-order valence-corrected chi connectivity index (χ4v) is 3.85. The molecule has 39 heavy (non-hydrogen) atoms. The minimum absolute atomic E-state index is 0.0387. The number of aliphatic hydroxyl groups excluding tert-OH is 6. The lowest BCUT2D eigenvalue weighted by Crippen LogP contribution is -2.57. The van der Waals surface area contributed by atoms with Gasteiger partial charge in [-0.3, -0.25) is 9.59 Å². The zero-order chi connectivity index (χ0) is 29.3. The molecule has 0 saturated carbocycles. The molecule has 0 bridgehead atoms. The molecule has 0 aromatic heterocycles. The first kappa shape index (κ1) is 33.0. The van der Waals surface area contributed by atoms with Crippen molar-refractivity contribution in [3.8, 4) is 0 Å². The molecular weight excluding hydrogens is 528 g/mol. The smallest absolute Gasteiger partial charge is 0.318 e. The fraction of sp³-hybridized carbons (Fsp3) is 0.864. The summed E-state index contributed by atoms with van der Waals surface area (Å²) in [6, 6.07) is -0.687. The Morgan fingerprint density at radius 1 is 0.692 bits per heavy atom. The van der Waals surface area contributed by atoms with Crippen LogP contribution in [0.25, 0.3) is 0 Å². The summed E-state index contributed by atoms with van der Waals surface area (Å²) < 4.78 is 21.2. The van der Waals surface area contributed by atoms with E-state index in [1.54, 1.807) is 0 Å². The largest absolute Gasteiger partial charge is 0.388 e. The lowest BCUT2D eigenvalue weighted by atomic mass is 10.0. The Morgan fingerprint density at radius 3 is 1.44 bits per heavy atom. The van der Waals surface area contributed by atoms with Gasteiger partial charge in [0.25, 0.3) is 0 Å². The van der Waals surface area contributed by atoms with Crippen LogP contribution >= 0.6 is 0 Å². The summed E-state index contributed by atoms with van der Waals surface area (Å²) in [6.45, 7) is 1.77. The van der Waals surface area contributed by atoms with Crippen LogP contribution < -0.4 is 16.0 Å². The van der Waals surface area contributed by atoms with E-state index < -0.39 is 92.3 Å². The van der Waals surface area contributed by atoms with E-state index in [2.05, 4.69) is 16.0 Å². The molecule has 0 aromatic carbocycles. The molecule has 4 amide bonds. The number of carbonyl (C=O) groups excluding carboxylic acids is 3.